The highest BCUT2D eigenvalue weighted by Crippen LogP contribution is 2.25. The van der Waals surface area contributed by atoms with Gasteiger partial charge in [-0.1, -0.05) is 0 Å². The molecule has 1 rings (SSSR count). The van der Waals surface area contributed by atoms with Crippen LogP contribution in [0.15, 0.2) is 0 Å². The maximum absolute atomic E-state index is 12.8. The molecule has 20 heavy (non-hydrogen) atoms. The summed E-state index contributed by atoms with van der Waals surface area (Å²) >= 11 is 5.99. The highest BCUT2D eigenvalue weighted by molar-refractivity contribution is 6.19. The van der Waals surface area contributed by atoms with Crippen molar-refractivity contribution in [3.63, 3.8) is 0 Å². The van der Waals surface area contributed by atoms with Crippen molar-refractivity contribution in [2.45, 2.75) is 32.7 Å². The molecule has 0 N–H and O–H groups in total. The zero-order chi connectivity index (χ0) is 15.3. The van der Waals surface area contributed by atoms with E-state index < -0.39 is 5.41 Å². The predicted molar refractivity (Wildman–Crippen MR) is 85.3 cm³/mol. The normalized spacial score (nSPS) is 18.6. The number of nitrogens with zero attached hydrogens (tertiary/aromatic N) is 3. The number of likely N-dealkylation sites (N-methyl/N-ethyl adjacent to an activating group) is 1. The van der Waals surface area contributed by atoms with Crippen molar-refractivity contribution in [3.8, 4) is 0 Å². The topological polar surface area (TPSA) is 26.8 Å². The highest BCUT2D eigenvalue weighted by atomic mass is 35.5. The second-order valence-corrected chi connectivity index (χ2v) is 7.12. The van der Waals surface area contributed by atoms with Crippen LogP contribution in [0.3, 0.4) is 0 Å². The van der Waals surface area contributed by atoms with Crippen LogP contribution >= 0.6 is 11.6 Å². The van der Waals surface area contributed by atoms with Crippen molar-refractivity contribution in [1.29, 1.82) is 0 Å². The Labute approximate surface area is 129 Å². The molecule has 4 nitrogen and oxygen atoms in total. The Kier molecular flexibility index (Phi) is 6.76. The van der Waals surface area contributed by atoms with E-state index in [0.717, 1.165) is 39.0 Å². The summed E-state index contributed by atoms with van der Waals surface area (Å²) in [5.74, 6) is 0.570. The Balaban J connectivity index is 2.76. The first-order valence-electron chi connectivity index (χ1n) is 7.48. The van der Waals surface area contributed by atoms with Gasteiger partial charge in [0.2, 0.25) is 5.91 Å². The largest absolute Gasteiger partial charge is 0.338 e. The SMILES string of the molecule is CN(C)CCN(C(=O)C(C)(C)CCl)C1CCN(C)CC1. The van der Waals surface area contributed by atoms with Gasteiger partial charge >= 0.3 is 0 Å². The molecule has 0 bridgehead atoms. The van der Waals surface area contributed by atoms with Crippen LogP contribution in [0.2, 0.25) is 0 Å². The molecule has 1 heterocycles. The van der Waals surface area contributed by atoms with E-state index in [9.17, 15) is 4.79 Å². The van der Waals surface area contributed by atoms with Gasteiger partial charge in [0.05, 0.1) is 5.41 Å². The van der Waals surface area contributed by atoms with Crippen LogP contribution in [-0.2, 0) is 4.79 Å². The molecule has 0 saturated carbocycles. The quantitative estimate of drug-likeness (QED) is 0.699. The lowest BCUT2D eigenvalue weighted by atomic mass is 9.92. The van der Waals surface area contributed by atoms with Crippen molar-refractivity contribution in [3.05, 3.63) is 0 Å². The fourth-order valence-corrected chi connectivity index (χ4v) is 2.62. The van der Waals surface area contributed by atoms with E-state index in [-0.39, 0.29) is 5.91 Å². The van der Waals surface area contributed by atoms with Gasteiger partial charge < -0.3 is 14.7 Å². The zero-order valence-electron chi connectivity index (χ0n) is 13.7. The van der Waals surface area contributed by atoms with E-state index in [4.69, 9.17) is 11.6 Å². The number of hydrogen-bond acceptors (Lipinski definition) is 3. The summed E-state index contributed by atoms with van der Waals surface area (Å²) in [5, 5.41) is 0. The molecule has 0 aromatic rings. The number of likely N-dealkylation sites (tertiary alicyclic amines) is 1. The lowest BCUT2D eigenvalue weighted by molar-refractivity contribution is -0.142. The monoisotopic (exact) mass is 303 g/mol. The van der Waals surface area contributed by atoms with Gasteiger partial charge in [0, 0.05) is 25.0 Å². The summed E-state index contributed by atoms with van der Waals surface area (Å²) in [6, 6.07) is 0.362. The Morgan fingerprint density at radius 2 is 1.80 bits per heavy atom. The summed E-state index contributed by atoms with van der Waals surface area (Å²) < 4.78 is 0. The van der Waals surface area contributed by atoms with Gasteiger partial charge in [-0.2, -0.15) is 0 Å². The molecule has 118 valence electrons. The number of carbonyl (C=O) groups excluding carboxylic acids is 1. The molecule has 0 aromatic heterocycles. The van der Waals surface area contributed by atoms with E-state index in [2.05, 4.69) is 21.7 Å². The van der Waals surface area contributed by atoms with Gasteiger partial charge in [-0.15, -0.1) is 11.6 Å². The molecular weight excluding hydrogens is 274 g/mol. The van der Waals surface area contributed by atoms with Gasteiger partial charge in [-0.05, 0) is 60.9 Å². The number of rotatable bonds is 6. The molecule has 0 spiro atoms. The molecule has 0 radical (unpaired) electrons. The first kappa shape index (κ1) is 17.7. The van der Waals surface area contributed by atoms with Crippen LogP contribution in [0, 0.1) is 5.41 Å². The molecule has 0 atom stereocenters. The molecule has 1 aliphatic heterocycles. The number of hydrogen-bond donors (Lipinski definition) is 0. The molecule has 1 aliphatic rings. The Hall–Kier alpha value is -0.320. The highest BCUT2D eigenvalue weighted by Gasteiger charge is 2.35. The third-order valence-corrected chi connectivity index (χ3v) is 4.76. The Morgan fingerprint density at radius 3 is 2.25 bits per heavy atom. The first-order valence-corrected chi connectivity index (χ1v) is 8.01. The van der Waals surface area contributed by atoms with Gasteiger partial charge in [0.25, 0.3) is 0 Å². The second kappa shape index (κ2) is 7.62. The summed E-state index contributed by atoms with van der Waals surface area (Å²) in [5.41, 5.74) is -0.475. The van der Waals surface area contributed by atoms with Crippen LogP contribution in [0.1, 0.15) is 26.7 Å². The van der Waals surface area contributed by atoms with Crippen LogP contribution in [0.5, 0.6) is 0 Å². The molecule has 0 aliphatic carbocycles. The van der Waals surface area contributed by atoms with E-state index in [1.54, 1.807) is 0 Å². The van der Waals surface area contributed by atoms with Crippen molar-refractivity contribution in [2.75, 3.05) is 53.2 Å². The van der Waals surface area contributed by atoms with Crippen LogP contribution < -0.4 is 0 Å². The molecular formula is C15H30ClN3O. The number of alkyl halides is 1. The van der Waals surface area contributed by atoms with E-state index in [1.807, 2.05) is 27.9 Å². The standard InChI is InChI=1S/C15H30ClN3O/c1-15(2,12-16)14(20)19(11-10-17(3)4)13-6-8-18(5)9-7-13/h13H,6-12H2,1-5H3. The summed E-state index contributed by atoms with van der Waals surface area (Å²) in [4.78, 5) is 19.3. The van der Waals surface area contributed by atoms with E-state index in [1.165, 1.54) is 0 Å². The number of carbonyl (C=O) groups is 1. The zero-order valence-corrected chi connectivity index (χ0v) is 14.4. The smallest absolute Gasteiger partial charge is 0.229 e. The van der Waals surface area contributed by atoms with Gasteiger partial charge in [0.15, 0.2) is 0 Å². The maximum atomic E-state index is 12.8. The van der Waals surface area contributed by atoms with Gasteiger partial charge in [0.1, 0.15) is 0 Å². The third-order valence-electron chi connectivity index (χ3n) is 4.09. The van der Waals surface area contributed by atoms with Crippen molar-refractivity contribution in [2.24, 2.45) is 5.41 Å². The molecule has 0 aromatic carbocycles. The summed E-state index contributed by atoms with van der Waals surface area (Å²) in [6.45, 7) is 7.71. The lowest BCUT2D eigenvalue weighted by Crippen LogP contribution is -2.52. The second-order valence-electron chi connectivity index (χ2n) is 6.85. The van der Waals surface area contributed by atoms with Crippen LogP contribution in [-0.4, -0.2) is 79.9 Å². The van der Waals surface area contributed by atoms with Crippen molar-refractivity contribution >= 4 is 17.5 Å². The summed E-state index contributed by atoms with van der Waals surface area (Å²) in [6.07, 6.45) is 2.13. The average Bonchev–Trinajstić information content (AvgIpc) is 2.40. The molecule has 1 amide bonds. The predicted octanol–water partition coefficient (Wildman–Crippen LogP) is 1.74. The maximum Gasteiger partial charge on any atom is 0.229 e. The van der Waals surface area contributed by atoms with Gasteiger partial charge in [-0.3, -0.25) is 4.79 Å². The molecule has 0 unspecified atom stereocenters. The van der Waals surface area contributed by atoms with Crippen molar-refractivity contribution in [1.82, 2.24) is 14.7 Å². The number of piperidine rings is 1. The Morgan fingerprint density at radius 1 is 1.25 bits per heavy atom. The minimum absolute atomic E-state index is 0.198. The lowest BCUT2D eigenvalue weighted by Gasteiger charge is -2.41. The summed E-state index contributed by atoms with van der Waals surface area (Å²) in [7, 11) is 6.24. The van der Waals surface area contributed by atoms with Crippen LogP contribution in [0.4, 0.5) is 0 Å². The average molecular weight is 304 g/mol. The minimum Gasteiger partial charge on any atom is -0.338 e. The fourth-order valence-electron chi connectivity index (χ4n) is 2.51. The van der Waals surface area contributed by atoms with E-state index in [0.29, 0.717) is 11.9 Å². The number of amides is 1. The molecule has 1 fully saturated rings. The van der Waals surface area contributed by atoms with E-state index >= 15 is 0 Å². The minimum atomic E-state index is -0.475. The van der Waals surface area contributed by atoms with Crippen LogP contribution in [0.25, 0.3) is 0 Å². The van der Waals surface area contributed by atoms with Gasteiger partial charge in [-0.25, -0.2) is 0 Å². The molecule has 1 saturated heterocycles. The first-order chi connectivity index (χ1) is 9.27. The molecule has 5 heteroatoms. The fraction of sp³-hybridized carbons (Fsp3) is 0.933. The number of halogens is 1. The Bertz CT molecular complexity index is 312. The van der Waals surface area contributed by atoms with Crippen molar-refractivity contribution < 1.29 is 4.79 Å². The third kappa shape index (κ3) is 4.90.